The van der Waals surface area contributed by atoms with Crippen LogP contribution in [0.2, 0.25) is 0 Å². The Kier molecular flexibility index (Phi) is 5.99. The lowest BCUT2D eigenvalue weighted by Gasteiger charge is -2.33. The van der Waals surface area contributed by atoms with Gasteiger partial charge in [-0.15, -0.1) is 11.8 Å². The van der Waals surface area contributed by atoms with E-state index in [0.717, 1.165) is 31.7 Å². The number of piperidine rings is 1. The molecule has 19 heavy (non-hydrogen) atoms. The minimum atomic E-state index is -0.425. The Morgan fingerprint density at radius 1 is 1.47 bits per heavy atom. The zero-order valence-electron chi connectivity index (χ0n) is 12.3. The first-order chi connectivity index (χ1) is 8.81. The van der Waals surface area contributed by atoms with Crippen molar-refractivity contribution < 1.29 is 9.53 Å². The number of amides is 1. The average molecular weight is 284 g/mol. The maximum absolute atomic E-state index is 11.9. The van der Waals surface area contributed by atoms with Gasteiger partial charge in [-0.05, 0) is 52.2 Å². The molecule has 0 radical (unpaired) electrons. The van der Waals surface area contributed by atoms with Gasteiger partial charge in [-0.2, -0.15) is 5.26 Å². The van der Waals surface area contributed by atoms with E-state index in [0.29, 0.717) is 5.92 Å². The molecule has 0 aromatic heterocycles. The van der Waals surface area contributed by atoms with Gasteiger partial charge in [0.05, 0.1) is 11.3 Å². The summed E-state index contributed by atoms with van der Waals surface area (Å²) < 4.78 is 5.37. The SMILES string of the molecule is C[C@@H](C#N)SCC1CCN(C(=O)OC(C)(C)C)CC1. The maximum atomic E-state index is 11.9. The van der Waals surface area contributed by atoms with Gasteiger partial charge in [-0.1, -0.05) is 0 Å². The Morgan fingerprint density at radius 3 is 2.53 bits per heavy atom. The summed E-state index contributed by atoms with van der Waals surface area (Å²) in [6, 6.07) is 2.24. The van der Waals surface area contributed by atoms with Crippen molar-refractivity contribution >= 4 is 17.9 Å². The van der Waals surface area contributed by atoms with E-state index in [9.17, 15) is 4.79 Å². The summed E-state index contributed by atoms with van der Waals surface area (Å²) in [6.45, 7) is 9.12. The second-order valence-corrected chi connectivity index (χ2v) is 7.39. The number of hydrogen-bond donors (Lipinski definition) is 0. The molecule has 1 heterocycles. The zero-order chi connectivity index (χ0) is 14.5. The standard InChI is InChI=1S/C14H24N2O2S/c1-11(9-15)19-10-12-5-7-16(8-6-12)13(17)18-14(2,3)4/h11-12H,5-8,10H2,1-4H3/t11-/m0/s1. The lowest BCUT2D eigenvalue weighted by Crippen LogP contribution is -2.42. The molecule has 0 aromatic rings. The molecule has 1 fully saturated rings. The second-order valence-electron chi connectivity index (χ2n) is 6.02. The highest BCUT2D eigenvalue weighted by molar-refractivity contribution is 8.00. The van der Waals surface area contributed by atoms with Crippen molar-refractivity contribution in [2.45, 2.75) is 51.4 Å². The van der Waals surface area contributed by atoms with Crippen molar-refractivity contribution in [3.63, 3.8) is 0 Å². The van der Waals surface area contributed by atoms with Crippen molar-refractivity contribution in [2.75, 3.05) is 18.8 Å². The van der Waals surface area contributed by atoms with Gasteiger partial charge in [0.1, 0.15) is 5.60 Å². The highest BCUT2D eigenvalue weighted by Crippen LogP contribution is 2.24. The third-order valence-corrected chi connectivity index (χ3v) is 4.30. The summed E-state index contributed by atoms with van der Waals surface area (Å²) in [5.74, 6) is 1.62. The third-order valence-electron chi connectivity index (χ3n) is 3.03. The van der Waals surface area contributed by atoms with Gasteiger partial charge in [0.15, 0.2) is 0 Å². The topological polar surface area (TPSA) is 53.3 Å². The summed E-state index contributed by atoms with van der Waals surface area (Å²) in [4.78, 5) is 13.7. The summed E-state index contributed by atoms with van der Waals surface area (Å²) in [5, 5.41) is 8.81. The van der Waals surface area contributed by atoms with Crippen LogP contribution < -0.4 is 0 Å². The number of ether oxygens (including phenoxy) is 1. The van der Waals surface area contributed by atoms with Crippen molar-refractivity contribution in [1.82, 2.24) is 4.90 Å². The Hall–Kier alpha value is -0.890. The van der Waals surface area contributed by atoms with Gasteiger partial charge in [0, 0.05) is 13.1 Å². The largest absolute Gasteiger partial charge is 0.444 e. The fourth-order valence-electron chi connectivity index (χ4n) is 1.93. The normalized spacial score (nSPS) is 18.8. The number of carbonyl (C=O) groups excluding carboxylic acids is 1. The van der Waals surface area contributed by atoms with Crippen LogP contribution in [0.3, 0.4) is 0 Å². The molecule has 0 bridgehead atoms. The van der Waals surface area contributed by atoms with Crippen molar-refractivity contribution in [2.24, 2.45) is 5.92 Å². The molecule has 0 unspecified atom stereocenters. The van der Waals surface area contributed by atoms with Crippen molar-refractivity contribution in [3.05, 3.63) is 0 Å². The molecule has 1 aliphatic rings. The molecule has 0 aromatic carbocycles. The van der Waals surface area contributed by atoms with Crippen LogP contribution in [0.5, 0.6) is 0 Å². The van der Waals surface area contributed by atoms with Gasteiger partial charge in [-0.25, -0.2) is 4.79 Å². The minimum absolute atomic E-state index is 0.0592. The van der Waals surface area contributed by atoms with Gasteiger partial charge in [0.25, 0.3) is 0 Å². The molecule has 1 saturated heterocycles. The molecule has 108 valence electrons. The van der Waals surface area contributed by atoms with E-state index in [1.54, 1.807) is 16.7 Å². The van der Waals surface area contributed by atoms with E-state index in [-0.39, 0.29) is 11.3 Å². The number of hydrogen-bond acceptors (Lipinski definition) is 4. The van der Waals surface area contributed by atoms with E-state index in [2.05, 4.69) is 6.07 Å². The van der Waals surface area contributed by atoms with Crippen LogP contribution >= 0.6 is 11.8 Å². The third kappa shape index (κ3) is 6.20. The van der Waals surface area contributed by atoms with Crippen LogP contribution in [-0.2, 0) is 4.74 Å². The first-order valence-corrected chi connectivity index (χ1v) is 7.86. The summed E-state index contributed by atoms with van der Waals surface area (Å²) in [5.41, 5.74) is -0.425. The van der Waals surface area contributed by atoms with Crippen molar-refractivity contribution in [1.29, 1.82) is 5.26 Å². The summed E-state index contributed by atoms with van der Waals surface area (Å²) >= 11 is 1.71. The van der Waals surface area contributed by atoms with Crippen molar-refractivity contribution in [3.8, 4) is 6.07 Å². The van der Waals surface area contributed by atoms with Gasteiger partial charge in [-0.3, -0.25) is 0 Å². The maximum Gasteiger partial charge on any atom is 0.410 e. The van der Waals surface area contributed by atoms with E-state index in [1.807, 2.05) is 27.7 Å². The van der Waals surface area contributed by atoms with Crippen LogP contribution in [-0.4, -0.2) is 40.7 Å². The van der Waals surface area contributed by atoms with Gasteiger partial charge in [0.2, 0.25) is 0 Å². The Morgan fingerprint density at radius 2 is 2.05 bits per heavy atom. The molecular weight excluding hydrogens is 260 g/mol. The lowest BCUT2D eigenvalue weighted by atomic mass is 9.99. The van der Waals surface area contributed by atoms with E-state index < -0.39 is 5.60 Å². The molecule has 5 heteroatoms. The number of nitrogens with zero attached hydrogens (tertiary/aromatic N) is 2. The molecule has 0 aliphatic carbocycles. The molecule has 4 nitrogen and oxygen atoms in total. The molecule has 0 saturated carbocycles. The molecule has 1 atom stereocenters. The molecule has 1 aliphatic heterocycles. The second kappa shape index (κ2) is 7.04. The lowest BCUT2D eigenvalue weighted by molar-refractivity contribution is 0.0191. The smallest absolute Gasteiger partial charge is 0.410 e. The summed E-state index contributed by atoms with van der Waals surface area (Å²) in [7, 11) is 0. The van der Waals surface area contributed by atoms with E-state index in [1.165, 1.54) is 0 Å². The van der Waals surface area contributed by atoms with Crippen LogP contribution in [0.1, 0.15) is 40.5 Å². The fourth-order valence-corrected chi connectivity index (χ4v) is 2.90. The molecule has 1 amide bonds. The van der Waals surface area contributed by atoms with Crippen LogP contribution in [0.15, 0.2) is 0 Å². The van der Waals surface area contributed by atoms with E-state index in [4.69, 9.17) is 10.00 Å². The first kappa shape index (κ1) is 16.2. The molecule has 0 spiro atoms. The predicted octanol–water partition coefficient (Wildman–Crippen LogP) is 3.28. The molecule has 0 N–H and O–H groups in total. The summed E-state index contributed by atoms with van der Waals surface area (Å²) in [6.07, 6.45) is 1.80. The molecule has 1 rings (SSSR count). The number of nitriles is 1. The van der Waals surface area contributed by atoms with Gasteiger partial charge < -0.3 is 9.64 Å². The average Bonchev–Trinajstić information content (AvgIpc) is 2.34. The molecular formula is C14H24N2O2S. The zero-order valence-corrected chi connectivity index (χ0v) is 13.1. The monoisotopic (exact) mass is 284 g/mol. The first-order valence-electron chi connectivity index (χ1n) is 6.81. The van der Waals surface area contributed by atoms with Gasteiger partial charge >= 0.3 is 6.09 Å². The fraction of sp³-hybridized carbons (Fsp3) is 0.857. The van der Waals surface area contributed by atoms with Crippen LogP contribution in [0.4, 0.5) is 4.79 Å². The van der Waals surface area contributed by atoms with Crippen LogP contribution in [0, 0.1) is 17.2 Å². The number of likely N-dealkylation sites (tertiary alicyclic amines) is 1. The van der Waals surface area contributed by atoms with E-state index >= 15 is 0 Å². The number of carbonyl (C=O) groups is 1. The van der Waals surface area contributed by atoms with Crippen LogP contribution in [0.25, 0.3) is 0 Å². The number of rotatable bonds is 3. The Bertz CT molecular complexity index is 338. The highest BCUT2D eigenvalue weighted by Gasteiger charge is 2.26. The quantitative estimate of drug-likeness (QED) is 0.798. The predicted molar refractivity (Wildman–Crippen MR) is 78.1 cm³/mol. The number of thioether (sulfide) groups is 1. The highest BCUT2D eigenvalue weighted by atomic mass is 32.2. The minimum Gasteiger partial charge on any atom is -0.444 e. The Balaban J connectivity index is 2.29. The Labute approximate surface area is 120 Å².